The molecule has 4 heterocycles. The van der Waals surface area contributed by atoms with Gasteiger partial charge < -0.3 is 19.3 Å². The van der Waals surface area contributed by atoms with E-state index in [0.717, 1.165) is 35.2 Å². The number of aliphatic hydroxyl groups is 1. The third-order valence-corrected chi connectivity index (χ3v) is 6.43. The van der Waals surface area contributed by atoms with Gasteiger partial charge in [0.15, 0.2) is 0 Å². The summed E-state index contributed by atoms with van der Waals surface area (Å²) in [7, 11) is 1.62. The van der Waals surface area contributed by atoms with Crippen molar-refractivity contribution in [3.63, 3.8) is 0 Å². The Morgan fingerprint density at radius 2 is 2.09 bits per heavy atom. The highest BCUT2D eigenvalue weighted by Crippen LogP contribution is 2.42. The van der Waals surface area contributed by atoms with E-state index in [9.17, 15) is 5.11 Å². The van der Waals surface area contributed by atoms with Crippen LogP contribution in [0.3, 0.4) is 0 Å². The number of methoxy groups -OCH3 is 1. The Morgan fingerprint density at radius 1 is 1.18 bits per heavy atom. The summed E-state index contributed by atoms with van der Waals surface area (Å²) in [6.45, 7) is 1.32. The van der Waals surface area contributed by atoms with Crippen molar-refractivity contribution in [2.24, 2.45) is 0 Å². The first kappa shape index (κ1) is 20.1. The van der Waals surface area contributed by atoms with Crippen LogP contribution in [-0.4, -0.2) is 57.8 Å². The zero-order chi connectivity index (χ0) is 22.4. The van der Waals surface area contributed by atoms with Crippen molar-refractivity contribution in [3.05, 3.63) is 65.5 Å². The van der Waals surface area contributed by atoms with Crippen molar-refractivity contribution < 1.29 is 19.3 Å². The van der Waals surface area contributed by atoms with Gasteiger partial charge in [-0.05, 0) is 23.6 Å². The largest absolute Gasteiger partial charge is 0.495 e. The van der Waals surface area contributed by atoms with Crippen LogP contribution >= 0.6 is 0 Å². The van der Waals surface area contributed by atoms with E-state index in [0.29, 0.717) is 41.6 Å². The van der Waals surface area contributed by atoms with E-state index in [2.05, 4.69) is 27.3 Å². The van der Waals surface area contributed by atoms with E-state index in [1.165, 1.54) is 0 Å². The van der Waals surface area contributed by atoms with Crippen molar-refractivity contribution in [2.45, 2.75) is 31.0 Å². The molecule has 0 radical (unpaired) electrons. The summed E-state index contributed by atoms with van der Waals surface area (Å²) in [6.07, 6.45) is 2.70. The van der Waals surface area contributed by atoms with Crippen LogP contribution in [-0.2, 0) is 11.2 Å². The summed E-state index contributed by atoms with van der Waals surface area (Å²) >= 11 is 0. The zero-order valence-electron chi connectivity index (χ0n) is 18.2. The quantitative estimate of drug-likeness (QED) is 0.487. The maximum atomic E-state index is 10.9. The number of hydrogen-bond acceptors (Lipinski definition) is 7. The number of pyridine rings is 2. The number of aliphatic hydroxyl groups excluding tert-OH is 1. The number of nitrogens with one attached hydrogen (secondary N) is 1. The zero-order valence-corrected chi connectivity index (χ0v) is 18.2. The van der Waals surface area contributed by atoms with Gasteiger partial charge in [-0.25, -0.2) is 9.97 Å². The van der Waals surface area contributed by atoms with Gasteiger partial charge in [-0.1, -0.05) is 24.3 Å². The average molecular weight is 444 g/mol. The van der Waals surface area contributed by atoms with Crippen LogP contribution in [0.15, 0.2) is 48.7 Å². The van der Waals surface area contributed by atoms with Crippen LogP contribution in [0.5, 0.6) is 11.6 Å². The van der Waals surface area contributed by atoms with Crippen LogP contribution in [0.2, 0.25) is 0 Å². The first-order valence-electron chi connectivity index (χ1n) is 11.1. The lowest BCUT2D eigenvalue weighted by Gasteiger charge is -2.18. The lowest BCUT2D eigenvalue weighted by atomic mass is 9.94. The molecule has 1 aliphatic heterocycles. The van der Waals surface area contributed by atoms with Crippen molar-refractivity contribution in [3.8, 4) is 22.9 Å². The third kappa shape index (κ3) is 3.51. The number of fused-ring (bicyclic) bond motifs is 2. The molecule has 3 unspecified atom stereocenters. The molecule has 1 saturated heterocycles. The van der Waals surface area contributed by atoms with Crippen LogP contribution in [0, 0.1) is 0 Å². The second kappa shape index (κ2) is 8.13. The molecule has 6 rings (SSSR count). The highest BCUT2D eigenvalue weighted by Gasteiger charge is 2.35. The molecule has 0 saturated carbocycles. The molecule has 168 valence electrons. The number of nitrogens with zero attached hydrogens (tertiary/aromatic N) is 3. The predicted molar refractivity (Wildman–Crippen MR) is 122 cm³/mol. The van der Waals surface area contributed by atoms with E-state index >= 15 is 0 Å². The SMILES string of the molecule is COc1cc2[nH]nc(-c3ccc(OC4CCOC4)nc3)c2nc1C1c2ccccc2CC1O. The summed E-state index contributed by atoms with van der Waals surface area (Å²) in [5.41, 5.74) is 5.92. The molecular formula is C25H24N4O4. The van der Waals surface area contributed by atoms with Gasteiger partial charge in [0.1, 0.15) is 23.1 Å². The molecule has 0 amide bonds. The maximum Gasteiger partial charge on any atom is 0.213 e. The summed E-state index contributed by atoms with van der Waals surface area (Å²) in [4.78, 5) is 9.42. The van der Waals surface area contributed by atoms with E-state index in [1.807, 2.05) is 30.3 Å². The van der Waals surface area contributed by atoms with E-state index in [1.54, 1.807) is 13.3 Å². The molecule has 4 aromatic rings. The minimum Gasteiger partial charge on any atom is -0.495 e. The molecule has 0 bridgehead atoms. The molecule has 3 atom stereocenters. The van der Waals surface area contributed by atoms with Gasteiger partial charge in [-0.3, -0.25) is 5.10 Å². The first-order chi connectivity index (χ1) is 16.2. The normalized spacial score (nSPS) is 21.9. The Kier molecular flexibility index (Phi) is 4.96. The number of rotatable bonds is 5. The maximum absolute atomic E-state index is 10.9. The monoisotopic (exact) mass is 444 g/mol. The first-order valence-corrected chi connectivity index (χ1v) is 11.1. The summed E-state index contributed by atoms with van der Waals surface area (Å²) in [5.74, 6) is 0.931. The van der Waals surface area contributed by atoms with Gasteiger partial charge >= 0.3 is 0 Å². The van der Waals surface area contributed by atoms with Crippen molar-refractivity contribution in [1.82, 2.24) is 20.2 Å². The van der Waals surface area contributed by atoms with Crippen molar-refractivity contribution >= 4 is 11.0 Å². The lowest BCUT2D eigenvalue weighted by Crippen LogP contribution is -2.17. The molecule has 3 aromatic heterocycles. The smallest absolute Gasteiger partial charge is 0.213 e. The minimum atomic E-state index is -0.561. The summed E-state index contributed by atoms with van der Waals surface area (Å²) < 4.78 is 16.9. The molecule has 2 aliphatic rings. The minimum absolute atomic E-state index is 0.0481. The highest BCUT2D eigenvalue weighted by molar-refractivity contribution is 5.90. The van der Waals surface area contributed by atoms with E-state index in [-0.39, 0.29) is 12.0 Å². The van der Waals surface area contributed by atoms with Gasteiger partial charge in [0.25, 0.3) is 0 Å². The molecule has 2 N–H and O–H groups in total. The van der Waals surface area contributed by atoms with Crippen LogP contribution in [0.1, 0.15) is 29.2 Å². The fourth-order valence-corrected chi connectivity index (χ4v) is 4.80. The van der Waals surface area contributed by atoms with Gasteiger partial charge in [-0.2, -0.15) is 5.10 Å². The third-order valence-electron chi connectivity index (χ3n) is 6.43. The van der Waals surface area contributed by atoms with Crippen molar-refractivity contribution in [1.29, 1.82) is 0 Å². The Labute approximate surface area is 190 Å². The lowest BCUT2D eigenvalue weighted by molar-refractivity contribution is 0.138. The number of benzene rings is 1. The second-order valence-corrected chi connectivity index (χ2v) is 8.48. The molecular weight excluding hydrogens is 420 g/mol. The number of aromatic amines is 1. The topological polar surface area (TPSA) is 102 Å². The van der Waals surface area contributed by atoms with E-state index in [4.69, 9.17) is 19.2 Å². The highest BCUT2D eigenvalue weighted by atomic mass is 16.5. The number of H-pyrrole nitrogens is 1. The molecule has 1 aliphatic carbocycles. The molecule has 1 fully saturated rings. The average Bonchev–Trinajstić information content (AvgIpc) is 3.57. The molecule has 0 spiro atoms. The second-order valence-electron chi connectivity index (χ2n) is 8.48. The number of ether oxygens (including phenoxy) is 3. The summed E-state index contributed by atoms with van der Waals surface area (Å²) in [5, 5.41) is 18.4. The fourth-order valence-electron chi connectivity index (χ4n) is 4.80. The Balaban J connectivity index is 1.39. The van der Waals surface area contributed by atoms with Crippen LogP contribution in [0.25, 0.3) is 22.3 Å². The van der Waals surface area contributed by atoms with Crippen molar-refractivity contribution in [2.75, 3.05) is 20.3 Å². The Morgan fingerprint density at radius 3 is 2.88 bits per heavy atom. The van der Waals surface area contributed by atoms with Gasteiger partial charge in [0.05, 0.1) is 43.6 Å². The number of aromatic nitrogens is 4. The van der Waals surface area contributed by atoms with Gasteiger partial charge in [-0.15, -0.1) is 0 Å². The van der Waals surface area contributed by atoms with Gasteiger partial charge in [0.2, 0.25) is 5.88 Å². The molecule has 33 heavy (non-hydrogen) atoms. The van der Waals surface area contributed by atoms with Gasteiger partial charge in [0, 0.05) is 30.3 Å². The summed E-state index contributed by atoms with van der Waals surface area (Å²) in [6, 6.07) is 13.8. The Hall–Kier alpha value is -3.49. The fraction of sp³-hybridized carbons (Fsp3) is 0.320. The van der Waals surface area contributed by atoms with Crippen LogP contribution < -0.4 is 9.47 Å². The molecule has 8 nitrogen and oxygen atoms in total. The van der Waals surface area contributed by atoms with Crippen LogP contribution in [0.4, 0.5) is 0 Å². The standard InChI is InChI=1S/C25H24N4O4/c1-31-20-11-18-24(27-25(20)22-17-5-3-2-4-14(17)10-19(22)30)23(29-28-18)15-6-7-21(26-12-15)33-16-8-9-32-13-16/h2-7,11-12,16,19,22,30H,8-10,13H2,1H3,(H,28,29). The number of hydrogen-bond donors (Lipinski definition) is 2. The molecule has 8 heteroatoms. The Bertz CT molecular complexity index is 1300. The van der Waals surface area contributed by atoms with E-state index < -0.39 is 6.10 Å². The molecule has 1 aromatic carbocycles. The predicted octanol–water partition coefficient (Wildman–Crippen LogP) is 3.25.